The normalized spacial score (nSPS) is 24.8. The summed E-state index contributed by atoms with van der Waals surface area (Å²) in [6, 6.07) is 7.74. The second-order valence-electron chi connectivity index (χ2n) is 6.05. The van der Waals surface area contributed by atoms with E-state index in [1.165, 1.54) is 11.1 Å². The predicted molar refractivity (Wildman–Crippen MR) is 77.9 cm³/mol. The second-order valence-corrected chi connectivity index (χ2v) is 6.05. The van der Waals surface area contributed by atoms with E-state index in [-0.39, 0.29) is 11.9 Å². The summed E-state index contributed by atoms with van der Waals surface area (Å²) in [5, 5.41) is 14.8. The third kappa shape index (κ3) is 3.24. The summed E-state index contributed by atoms with van der Waals surface area (Å²) in [6.07, 6.45) is 2.91. The highest BCUT2D eigenvalue weighted by atomic mass is 16.4. The Morgan fingerprint density at radius 1 is 1.24 bits per heavy atom. The largest absolute Gasteiger partial charge is 0.480 e. The Morgan fingerprint density at radius 3 is 2.48 bits per heavy atom. The van der Waals surface area contributed by atoms with Crippen LogP contribution in [0.15, 0.2) is 24.3 Å². The summed E-state index contributed by atoms with van der Waals surface area (Å²) in [6.45, 7) is 0.535. The van der Waals surface area contributed by atoms with Crippen LogP contribution in [0.1, 0.15) is 24.0 Å². The summed E-state index contributed by atoms with van der Waals surface area (Å²) < 4.78 is 0. The van der Waals surface area contributed by atoms with Crippen molar-refractivity contribution in [3.05, 3.63) is 35.4 Å². The van der Waals surface area contributed by atoms with E-state index in [4.69, 9.17) is 5.11 Å². The molecule has 5 heteroatoms. The van der Waals surface area contributed by atoms with E-state index in [0.29, 0.717) is 25.3 Å². The highest BCUT2D eigenvalue weighted by molar-refractivity contribution is 5.78. The van der Waals surface area contributed by atoms with E-state index < -0.39 is 12.0 Å². The maximum absolute atomic E-state index is 12.1. The van der Waals surface area contributed by atoms with Crippen molar-refractivity contribution in [1.82, 2.24) is 10.6 Å². The van der Waals surface area contributed by atoms with Crippen LogP contribution in [0.4, 0.5) is 0 Å². The zero-order chi connectivity index (χ0) is 14.8. The fourth-order valence-corrected chi connectivity index (χ4v) is 3.38. The van der Waals surface area contributed by atoms with Crippen LogP contribution < -0.4 is 10.6 Å². The highest BCUT2D eigenvalue weighted by Gasteiger charge is 2.31. The molecule has 3 N–H and O–H groups in total. The lowest BCUT2D eigenvalue weighted by atomic mass is 10.0. The number of carbonyl (C=O) groups excluding carboxylic acids is 1. The molecule has 1 heterocycles. The monoisotopic (exact) mass is 288 g/mol. The van der Waals surface area contributed by atoms with Crippen molar-refractivity contribution in [3.63, 3.8) is 0 Å². The first-order chi connectivity index (χ1) is 10.1. The van der Waals surface area contributed by atoms with E-state index in [1.54, 1.807) is 0 Å². The van der Waals surface area contributed by atoms with Crippen molar-refractivity contribution in [1.29, 1.82) is 0 Å². The van der Waals surface area contributed by atoms with Crippen molar-refractivity contribution in [2.45, 2.75) is 37.8 Å². The minimum Gasteiger partial charge on any atom is -0.480 e. The van der Waals surface area contributed by atoms with Gasteiger partial charge in [0.1, 0.15) is 6.04 Å². The minimum absolute atomic E-state index is 0.0330. The fraction of sp³-hybridized carbons (Fsp3) is 0.500. The maximum Gasteiger partial charge on any atom is 0.320 e. The highest BCUT2D eigenvalue weighted by Crippen LogP contribution is 2.28. The lowest BCUT2D eigenvalue weighted by Gasteiger charge is -2.14. The topological polar surface area (TPSA) is 78.4 Å². The number of rotatable bonds is 4. The van der Waals surface area contributed by atoms with Gasteiger partial charge in [0, 0.05) is 19.0 Å². The number of carbonyl (C=O) groups is 2. The average Bonchev–Trinajstić information content (AvgIpc) is 3.04. The van der Waals surface area contributed by atoms with Gasteiger partial charge in [0.2, 0.25) is 5.91 Å². The van der Waals surface area contributed by atoms with E-state index in [1.807, 2.05) is 12.1 Å². The van der Waals surface area contributed by atoms with Crippen LogP contribution in [0.3, 0.4) is 0 Å². The standard InChI is InChI=1S/C16H20N2O3/c19-15(18-13-8-14(16(20)21)17-9-13)7-10-5-11-3-1-2-4-12(11)6-10/h1-4,10,13-14,17H,5-9H2,(H,18,19)(H,20,21)/t13-,14+/m1/s1. The van der Waals surface area contributed by atoms with E-state index in [0.717, 1.165) is 12.8 Å². The van der Waals surface area contributed by atoms with Gasteiger partial charge in [-0.15, -0.1) is 0 Å². The molecule has 1 aromatic rings. The molecule has 0 bridgehead atoms. The molecule has 1 amide bonds. The quantitative estimate of drug-likeness (QED) is 0.763. The molecule has 1 fully saturated rings. The van der Waals surface area contributed by atoms with Crippen molar-refractivity contribution in [3.8, 4) is 0 Å². The van der Waals surface area contributed by atoms with Crippen molar-refractivity contribution < 1.29 is 14.7 Å². The molecule has 0 aromatic heterocycles. The molecule has 1 saturated heterocycles. The minimum atomic E-state index is -0.849. The Balaban J connectivity index is 1.47. The van der Waals surface area contributed by atoms with Gasteiger partial charge in [0.25, 0.3) is 0 Å². The van der Waals surface area contributed by atoms with Crippen molar-refractivity contribution in [2.75, 3.05) is 6.54 Å². The Labute approximate surface area is 123 Å². The van der Waals surface area contributed by atoms with Crippen LogP contribution in [0.25, 0.3) is 0 Å². The summed E-state index contributed by atoms with van der Waals surface area (Å²) in [7, 11) is 0. The summed E-state index contributed by atoms with van der Waals surface area (Å²) in [4.78, 5) is 23.0. The molecule has 0 spiro atoms. The van der Waals surface area contributed by atoms with Crippen molar-refractivity contribution >= 4 is 11.9 Å². The first-order valence-corrected chi connectivity index (χ1v) is 7.44. The first-order valence-electron chi connectivity index (χ1n) is 7.44. The molecule has 1 aliphatic carbocycles. The van der Waals surface area contributed by atoms with Gasteiger partial charge >= 0.3 is 5.97 Å². The smallest absolute Gasteiger partial charge is 0.320 e. The molecule has 2 aliphatic rings. The van der Waals surface area contributed by atoms with Gasteiger partial charge in [0.05, 0.1) is 0 Å². The second kappa shape index (κ2) is 5.85. The number of hydrogen-bond donors (Lipinski definition) is 3. The van der Waals surface area contributed by atoms with Gasteiger partial charge in [-0.05, 0) is 36.3 Å². The number of benzene rings is 1. The zero-order valence-electron chi connectivity index (χ0n) is 11.8. The lowest BCUT2D eigenvalue weighted by Crippen LogP contribution is -2.37. The van der Waals surface area contributed by atoms with Crippen LogP contribution in [-0.4, -0.2) is 35.6 Å². The number of amides is 1. The summed E-state index contributed by atoms with van der Waals surface area (Å²) in [5.41, 5.74) is 2.70. The molecular formula is C16H20N2O3. The number of aliphatic carboxylic acids is 1. The number of fused-ring (bicyclic) bond motifs is 1. The molecule has 5 nitrogen and oxygen atoms in total. The fourth-order valence-electron chi connectivity index (χ4n) is 3.38. The molecule has 0 unspecified atom stereocenters. The van der Waals surface area contributed by atoms with Gasteiger partial charge in [-0.2, -0.15) is 0 Å². The molecule has 1 aliphatic heterocycles. The number of carboxylic acid groups (broad SMARTS) is 1. The molecule has 0 radical (unpaired) electrons. The summed E-state index contributed by atoms with van der Waals surface area (Å²) >= 11 is 0. The Bertz CT molecular complexity index is 533. The van der Waals surface area contributed by atoms with Crippen LogP contribution in [0.2, 0.25) is 0 Å². The third-order valence-electron chi connectivity index (χ3n) is 4.40. The Hall–Kier alpha value is -1.88. The zero-order valence-corrected chi connectivity index (χ0v) is 11.8. The van der Waals surface area contributed by atoms with Gasteiger partial charge in [-0.25, -0.2) is 0 Å². The Morgan fingerprint density at radius 2 is 1.90 bits per heavy atom. The van der Waals surface area contributed by atoms with E-state index in [2.05, 4.69) is 22.8 Å². The molecule has 1 aromatic carbocycles. The molecule has 2 atom stereocenters. The Kier molecular flexibility index (Phi) is 3.92. The van der Waals surface area contributed by atoms with Crippen LogP contribution in [0.5, 0.6) is 0 Å². The van der Waals surface area contributed by atoms with E-state index in [9.17, 15) is 9.59 Å². The van der Waals surface area contributed by atoms with Crippen LogP contribution >= 0.6 is 0 Å². The first kappa shape index (κ1) is 14.1. The number of nitrogens with one attached hydrogen (secondary N) is 2. The molecule has 21 heavy (non-hydrogen) atoms. The number of hydrogen-bond acceptors (Lipinski definition) is 3. The van der Waals surface area contributed by atoms with Gasteiger partial charge in [0.15, 0.2) is 0 Å². The third-order valence-corrected chi connectivity index (χ3v) is 4.40. The lowest BCUT2D eigenvalue weighted by molar-refractivity contribution is -0.139. The summed E-state index contributed by atoms with van der Waals surface area (Å²) in [5.74, 6) is -0.448. The molecule has 3 rings (SSSR count). The SMILES string of the molecule is O=C(CC1Cc2ccccc2C1)N[C@H]1CN[C@H](C(=O)O)C1. The number of carboxylic acids is 1. The van der Waals surface area contributed by atoms with E-state index >= 15 is 0 Å². The molecule has 0 saturated carbocycles. The van der Waals surface area contributed by atoms with Crippen LogP contribution in [0, 0.1) is 5.92 Å². The maximum atomic E-state index is 12.1. The van der Waals surface area contributed by atoms with Gasteiger partial charge in [-0.1, -0.05) is 24.3 Å². The molecular weight excluding hydrogens is 268 g/mol. The molecule has 112 valence electrons. The van der Waals surface area contributed by atoms with Gasteiger partial charge < -0.3 is 15.7 Å². The predicted octanol–water partition coefficient (Wildman–Crippen LogP) is 0.723. The van der Waals surface area contributed by atoms with Gasteiger partial charge in [-0.3, -0.25) is 9.59 Å². The van der Waals surface area contributed by atoms with Crippen molar-refractivity contribution in [2.24, 2.45) is 5.92 Å². The van der Waals surface area contributed by atoms with Crippen LogP contribution in [-0.2, 0) is 22.4 Å². The average molecular weight is 288 g/mol.